The van der Waals surface area contributed by atoms with Crippen molar-refractivity contribution in [3.8, 4) is 23.7 Å². The van der Waals surface area contributed by atoms with E-state index in [-0.39, 0.29) is 0 Å². The van der Waals surface area contributed by atoms with Crippen molar-refractivity contribution in [1.29, 1.82) is 0 Å². The van der Waals surface area contributed by atoms with Gasteiger partial charge in [0, 0.05) is 17.5 Å². The molecule has 0 heterocycles. The Morgan fingerprint density at radius 2 is 1.36 bits per heavy atom. The Balaban J connectivity index is 1.59. The highest BCUT2D eigenvalue weighted by atomic mass is 14.3. The van der Waals surface area contributed by atoms with Crippen LogP contribution in [0.4, 0.5) is 0 Å². The predicted molar refractivity (Wildman–Crippen MR) is 106 cm³/mol. The van der Waals surface area contributed by atoms with Gasteiger partial charge in [-0.3, -0.25) is 0 Å². The van der Waals surface area contributed by atoms with Gasteiger partial charge in [-0.1, -0.05) is 41.7 Å². The maximum atomic E-state index is 3.28. The molecule has 126 valence electrons. The van der Waals surface area contributed by atoms with Crippen LogP contribution in [0.2, 0.25) is 0 Å². The van der Waals surface area contributed by atoms with Crippen molar-refractivity contribution < 1.29 is 0 Å². The lowest BCUT2D eigenvalue weighted by molar-refractivity contribution is 0.331. The second-order valence-corrected chi connectivity index (χ2v) is 7.09. The van der Waals surface area contributed by atoms with Crippen LogP contribution in [0.1, 0.15) is 67.2 Å². The molecule has 0 spiro atoms. The standard InChI is InChI=1S/C25H26/c1-3-4-5-21-12-16-24(17-13-21)25-18-14-23(15-19-25)11-10-22-8-6-20(2)7-9-22/h6-9,14-15,18-19,21,24H,5,12-13,16-17H2,1-2H3. The van der Waals surface area contributed by atoms with Crippen LogP contribution in [0.15, 0.2) is 48.5 Å². The molecule has 0 atom stereocenters. The lowest BCUT2D eigenvalue weighted by Gasteiger charge is -2.27. The van der Waals surface area contributed by atoms with Crippen LogP contribution in [0.25, 0.3) is 0 Å². The fourth-order valence-corrected chi connectivity index (χ4v) is 3.57. The largest absolute Gasteiger partial charge is 0.107 e. The van der Waals surface area contributed by atoms with Crippen LogP contribution in [-0.4, -0.2) is 0 Å². The van der Waals surface area contributed by atoms with Crippen LogP contribution < -0.4 is 0 Å². The van der Waals surface area contributed by atoms with Gasteiger partial charge in [0.15, 0.2) is 0 Å². The smallest absolute Gasteiger partial charge is 0.0249 e. The molecule has 0 amide bonds. The van der Waals surface area contributed by atoms with Crippen molar-refractivity contribution in [2.45, 2.75) is 51.9 Å². The van der Waals surface area contributed by atoms with Crippen LogP contribution in [0, 0.1) is 36.5 Å². The summed E-state index contributed by atoms with van der Waals surface area (Å²) in [5.41, 5.74) is 4.91. The van der Waals surface area contributed by atoms with Gasteiger partial charge in [-0.2, -0.15) is 0 Å². The summed E-state index contributed by atoms with van der Waals surface area (Å²) in [6.45, 7) is 4.04. The monoisotopic (exact) mass is 326 g/mol. The molecule has 0 radical (unpaired) electrons. The number of aryl methyl sites for hydroxylation is 1. The SMILES string of the molecule is CC#CCC1CCC(c2ccc(C#Cc3ccc(C)cc3)cc2)CC1. The van der Waals surface area contributed by atoms with Gasteiger partial charge in [0.2, 0.25) is 0 Å². The fourth-order valence-electron chi connectivity index (χ4n) is 3.57. The molecule has 1 aliphatic carbocycles. The Morgan fingerprint density at radius 1 is 0.800 bits per heavy atom. The van der Waals surface area contributed by atoms with E-state index < -0.39 is 0 Å². The molecule has 0 heteroatoms. The van der Waals surface area contributed by atoms with Crippen molar-refractivity contribution in [1.82, 2.24) is 0 Å². The maximum Gasteiger partial charge on any atom is 0.0249 e. The molecule has 0 aliphatic heterocycles. The third-order valence-electron chi connectivity index (χ3n) is 5.20. The molecular formula is C25H26. The molecule has 0 bridgehead atoms. The molecule has 0 N–H and O–H groups in total. The first-order valence-electron chi connectivity index (χ1n) is 9.33. The Bertz CT molecular complexity index is 793. The zero-order valence-corrected chi connectivity index (χ0v) is 15.3. The Hall–Kier alpha value is -2.44. The molecule has 0 aromatic heterocycles. The minimum Gasteiger partial charge on any atom is -0.107 e. The first-order chi connectivity index (χ1) is 12.2. The zero-order chi connectivity index (χ0) is 17.5. The lowest BCUT2D eigenvalue weighted by Crippen LogP contribution is -2.12. The number of rotatable bonds is 2. The highest BCUT2D eigenvalue weighted by Crippen LogP contribution is 2.36. The van der Waals surface area contributed by atoms with E-state index in [9.17, 15) is 0 Å². The minimum absolute atomic E-state index is 0.713. The summed E-state index contributed by atoms with van der Waals surface area (Å²) in [7, 11) is 0. The van der Waals surface area contributed by atoms with Crippen molar-refractivity contribution in [2.75, 3.05) is 0 Å². The van der Waals surface area contributed by atoms with Gasteiger partial charge in [-0.25, -0.2) is 0 Å². The number of hydrogen-bond donors (Lipinski definition) is 0. The molecule has 3 rings (SSSR count). The Kier molecular flexibility index (Phi) is 5.98. The van der Waals surface area contributed by atoms with Gasteiger partial charge in [-0.05, 0) is 81.2 Å². The van der Waals surface area contributed by atoms with E-state index in [4.69, 9.17) is 0 Å². The third kappa shape index (κ3) is 5.01. The Labute approximate surface area is 152 Å². The van der Waals surface area contributed by atoms with Crippen molar-refractivity contribution >= 4 is 0 Å². The molecule has 1 fully saturated rings. The average molecular weight is 326 g/mol. The van der Waals surface area contributed by atoms with E-state index in [0.29, 0.717) is 5.92 Å². The summed E-state index contributed by atoms with van der Waals surface area (Å²) in [6, 6.07) is 17.3. The summed E-state index contributed by atoms with van der Waals surface area (Å²) in [5.74, 6) is 14.3. The first-order valence-corrected chi connectivity index (χ1v) is 9.33. The molecule has 1 saturated carbocycles. The molecule has 2 aromatic rings. The van der Waals surface area contributed by atoms with Crippen molar-refractivity contribution in [3.63, 3.8) is 0 Å². The molecule has 0 unspecified atom stereocenters. The zero-order valence-electron chi connectivity index (χ0n) is 15.3. The first kappa shape index (κ1) is 17.4. The van der Waals surface area contributed by atoms with E-state index in [1.54, 1.807) is 0 Å². The van der Waals surface area contributed by atoms with Gasteiger partial charge in [0.25, 0.3) is 0 Å². The number of benzene rings is 2. The van der Waals surface area contributed by atoms with Crippen LogP contribution in [0.3, 0.4) is 0 Å². The summed E-state index contributed by atoms with van der Waals surface area (Å²) in [6.07, 6.45) is 6.30. The van der Waals surface area contributed by atoms with E-state index in [2.05, 4.69) is 79.1 Å². The van der Waals surface area contributed by atoms with Gasteiger partial charge >= 0.3 is 0 Å². The quantitative estimate of drug-likeness (QED) is 0.586. The third-order valence-corrected chi connectivity index (χ3v) is 5.20. The lowest BCUT2D eigenvalue weighted by atomic mass is 9.77. The van der Waals surface area contributed by atoms with Gasteiger partial charge in [-0.15, -0.1) is 11.8 Å². The normalized spacial score (nSPS) is 19.3. The molecule has 0 nitrogen and oxygen atoms in total. The van der Waals surface area contributed by atoms with E-state index >= 15 is 0 Å². The molecule has 25 heavy (non-hydrogen) atoms. The second kappa shape index (κ2) is 8.60. The molecule has 0 saturated heterocycles. The summed E-state index contributed by atoms with van der Waals surface area (Å²) in [5, 5.41) is 0. The van der Waals surface area contributed by atoms with Crippen LogP contribution in [0.5, 0.6) is 0 Å². The highest BCUT2D eigenvalue weighted by Gasteiger charge is 2.21. The van der Waals surface area contributed by atoms with E-state index in [1.807, 2.05) is 6.92 Å². The molecule has 1 aliphatic rings. The highest BCUT2D eigenvalue weighted by molar-refractivity contribution is 5.44. The minimum atomic E-state index is 0.713. The summed E-state index contributed by atoms with van der Waals surface area (Å²) in [4.78, 5) is 0. The summed E-state index contributed by atoms with van der Waals surface area (Å²) >= 11 is 0. The topological polar surface area (TPSA) is 0 Å². The average Bonchev–Trinajstić information content (AvgIpc) is 2.67. The van der Waals surface area contributed by atoms with Crippen molar-refractivity contribution in [2.24, 2.45) is 5.92 Å². The van der Waals surface area contributed by atoms with Crippen molar-refractivity contribution in [3.05, 3.63) is 70.8 Å². The predicted octanol–water partition coefficient (Wildman–Crippen LogP) is 6.08. The van der Waals surface area contributed by atoms with Gasteiger partial charge < -0.3 is 0 Å². The maximum absolute atomic E-state index is 3.28. The fraction of sp³-hybridized carbons (Fsp3) is 0.360. The van der Waals surface area contributed by atoms with Gasteiger partial charge in [0.1, 0.15) is 0 Å². The van der Waals surface area contributed by atoms with E-state index in [1.165, 1.54) is 36.8 Å². The van der Waals surface area contributed by atoms with Crippen LogP contribution in [-0.2, 0) is 0 Å². The molecule has 2 aromatic carbocycles. The van der Waals surface area contributed by atoms with Crippen LogP contribution >= 0.6 is 0 Å². The second-order valence-electron chi connectivity index (χ2n) is 7.09. The van der Waals surface area contributed by atoms with E-state index in [0.717, 1.165) is 23.5 Å². The van der Waals surface area contributed by atoms with Gasteiger partial charge in [0.05, 0.1) is 0 Å². The number of hydrogen-bond acceptors (Lipinski definition) is 0. The summed E-state index contributed by atoms with van der Waals surface area (Å²) < 4.78 is 0. The molecular weight excluding hydrogens is 300 g/mol. The Morgan fingerprint density at radius 3 is 1.92 bits per heavy atom.